The molecule has 14 heteroatoms. The molecule has 55 heavy (non-hydrogen) atoms. The van der Waals surface area contributed by atoms with E-state index in [1.54, 1.807) is 29.2 Å². The second kappa shape index (κ2) is 15.0. The van der Waals surface area contributed by atoms with E-state index in [1.165, 1.54) is 25.3 Å². The summed E-state index contributed by atoms with van der Waals surface area (Å²) in [6, 6.07) is 24.9. The highest BCUT2D eigenvalue weighted by Gasteiger charge is 2.75. The summed E-state index contributed by atoms with van der Waals surface area (Å²) < 4.78 is 16.8. The van der Waals surface area contributed by atoms with Crippen LogP contribution in [0.2, 0.25) is 0 Å². The van der Waals surface area contributed by atoms with Gasteiger partial charge in [-0.2, -0.15) is 0 Å². The van der Waals surface area contributed by atoms with Crippen LogP contribution >= 0.6 is 0 Å². The van der Waals surface area contributed by atoms with Crippen molar-refractivity contribution in [1.29, 1.82) is 0 Å². The minimum absolute atomic E-state index is 0.0427. The molecule has 0 saturated carbocycles. The molecule has 6 N–H and O–H groups in total. The molecule has 0 radical (unpaired) electrons. The summed E-state index contributed by atoms with van der Waals surface area (Å²) >= 11 is 0. The number of aromatic hydroxyl groups is 1. The molecule has 14 nitrogen and oxygen atoms in total. The molecular weight excluding hydrogens is 706 g/mol. The van der Waals surface area contributed by atoms with Crippen molar-refractivity contribution in [3.63, 3.8) is 0 Å². The summed E-state index contributed by atoms with van der Waals surface area (Å²) in [6.07, 6.45) is -1.96. The smallest absolute Gasteiger partial charge is 0.421 e. The normalized spacial score (nSPS) is 23.9. The van der Waals surface area contributed by atoms with Crippen molar-refractivity contribution < 1.29 is 43.3 Å². The summed E-state index contributed by atoms with van der Waals surface area (Å²) in [6.45, 7) is -0.231. The first kappa shape index (κ1) is 36.7. The Morgan fingerprint density at radius 1 is 0.873 bits per heavy atom. The summed E-state index contributed by atoms with van der Waals surface area (Å²) in [5, 5.41) is 12.8. The minimum atomic E-state index is -2.07. The van der Waals surface area contributed by atoms with Gasteiger partial charge in [0.1, 0.15) is 29.9 Å². The van der Waals surface area contributed by atoms with Gasteiger partial charge in [0.25, 0.3) is 0 Å². The zero-order valence-corrected chi connectivity index (χ0v) is 29.6. The number of fused-ring (bicyclic) bond motifs is 3. The Bertz CT molecular complexity index is 2210. The van der Waals surface area contributed by atoms with Crippen LogP contribution in [0, 0.1) is 17.8 Å². The van der Waals surface area contributed by atoms with E-state index >= 15 is 4.79 Å². The molecule has 3 aliphatic heterocycles. The lowest BCUT2D eigenvalue weighted by Gasteiger charge is -2.46. The van der Waals surface area contributed by atoms with Crippen LogP contribution in [0.4, 0.5) is 15.3 Å². The zero-order chi connectivity index (χ0) is 38.9. The molecule has 5 amide bonds. The number of esters is 1. The molecule has 7 rings (SSSR count). The van der Waals surface area contributed by atoms with Gasteiger partial charge >= 0.3 is 18.1 Å². The maximum Gasteiger partial charge on any atom is 0.421 e. The Balaban J connectivity index is 1.54. The van der Waals surface area contributed by atoms with E-state index in [9.17, 15) is 24.3 Å². The van der Waals surface area contributed by atoms with Crippen LogP contribution in [0.25, 0.3) is 0 Å². The molecule has 6 unspecified atom stereocenters. The first-order valence-corrected chi connectivity index (χ1v) is 17.4. The monoisotopic (exact) mass is 743 g/mol. The van der Waals surface area contributed by atoms with E-state index in [1.807, 2.05) is 60.7 Å². The highest BCUT2D eigenvalue weighted by Crippen LogP contribution is 2.65. The third-order valence-corrected chi connectivity index (χ3v) is 10.3. The predicted octanol–water partition coefficient (Wildman–Crippen LogP) is 3.35. The number of benzene rings is 4. The number of phenols is 1. The zero-order valence-electron chi connectivity index (χ0n) is 29.6. The van der Waals surface area contributed by atoms with Crippen LogP contribution in [-0.2, 0) is 34.0 Å². The summed E-state index contributed by atoms with van der Waals surface area (Å²) in [7, 11) is 1.43. The Morgan fingerprint density at radius 3 is 2.18 bits per heavy atom. The molecule has 4 aromatic rings. The largest absolute Gasteiger partial charge is 0.508 e. The number of amides is 5. The minimum Gasteiger partial charge on any atom is -0.508 e. The Hall–Kier alpha value is -6.69. The van der Waals surface area contributed by atoms with E-state index in [2.05, 4.69) is 17.2 Å². The highest BCUT2D eigenvalue weighted by molar-refractivity contribution is 6.23. The second-order valence-electron chi connectivity index (χ2n) is 13.3. The molecule has 4 aromatic carbocycles. The van der Waals surface area contributed by atoms with Crippen LogP contribution < -0.4 is 21.7 Å². The van der Waals surface area contributed by atoms with Crippen molar-refractivity contribution in [3.8, 4) is 17.6 Å². The van der Waals surface area contributed by atoms with Gasteiger partial charge in [0.2, 0.25) is 11.8 Å². The van der Waals surface area contributed by atoms with Crippen molar-refractivity contribution in [3.05, 3.63) is 131 Å². The van der Waals surface area contributed by atoms with Crippen LogP contribution in [0.1, 0.15) is 46.0 Å². The average molecular weight is 744 g/mol. The second-order valence-corrected chi connectivity index (χ2v) is 13.3. The fourth-order valence-electron chi connectivity index (χ4n) is 8.21. The average Bonchev–Trinajstić information content (AvgIpc) is 3.64. The van der Waals surface area contributed by atoms with Crippen LogP contribution in [0.15, 0.2) is 103 Å². The molecule has 3 aliphatic rings. The molecule has 2 fully saturated rings. The number of carbonyl (C=O) groups excluding carboxylic acids is 5. The van der Waals surface area contributed by atoms with Crippen molar-refractivity contribution in [2.24, 2.45) is 17.4 Å². The Kier molecular flexibility index (Phi) is 9.98. The Labute approximate surface area is 315 Å². The maximum absolute atomic E-state index is 15.6. The molecule has 3 heterocycles. The van der Waals surface area contributed by atoms with Gasteiger partial charge in [-0.1, -0.05) is 84.6 Å². The first-order chi connectivity index (χ1) is 26.6. The summed E-state index contributed by atoms with van der Waals surface area (Å²) in [5.74, 6) is 1.42. The molecule has 6 atom stereocenters. The van der Waals surface area contributed by atoms with Gasteiger partial charge in [-0.3, -0.25) is 19.3 Å². The van der Waals surface area contributed by atoms with Gasteiger partial charge in [0.05, 0.1) is 36.8 Å². The molecule has 2 saturated heterocycles. The van der Waals surface area contributed by atoms with E-state index in [-0.39, 0.29) is 36.8 Å². The number of phenolic OH excluding ortho intramolecular Hbond substituents is 1. The number of cyclic esters (lactones) is 1. The van der Waals surface area contributed by atoms with Gasteiger partial charge in [-0.15, -0.1) is 0 Å². The summed E-state index contributed by atoms with van der Waals surface area (Å²) in [4.78, 5) is 72.3. The van der Waals surface area contributed by atoms with Crippen LogP contribution in [-0.4, -0.2) is 72.8 Å². The molecule has 1 spiro atoms. The third-order valence-electron chi connectivity index (χ3n) is 10.3. The van der Waals surface area contributed by atoms with Crippen molar-refractivity contribution in [1.82, 2.24) is 10.2 Å². The Morgan fingerprint density at radius 2 is 1.55 bits per heavy atom. The fraction of sp³-hybridized carbons (Fsp3) is 0.244. The van der Waals surface area contributed by atoms with Gasteiger partial charge in [0, 0.05) is 12.7 Å². The lowest BCUT2D eigenvalue weighted by atomic mass is 9.65. The number of nitrogens with zero attached hydrogens (tertiary/aromatic N) is 2. The lowest BCUT2D eigenvalue weighted by molar-refractivity contribution is -0.178. The van der Waals surface area contributed by atoms with Crippen molar-refractivity contribution >= 4 is 35.6 Å². The fourth-order valence-corrected chi connectivity index (χ4v) is 8.21. The standard InChI is InChI=1S/C41H37N5O9/c1-53-21-22-54-40(52)45-30-19-14-24(9-8-20-44-39(43)51)23-29(30)41(38(45)50)31(36(42)48)33-37(49)55-34(26-12-6-3-7-13-26)32(25-10-4-2-5-11-25)46(33)35(41)27-15-17-28(47)18-16-27/h2-7,10-19,23,31-35,47H,20-22H2,1H3,(H2,42,48)(H3,43,44,51). The summed E-state index contributed by atoms with van der Waals surface area (Å²) in [5.41, 5.74) is 11.9. The molecular formula is C41H37N5O9. The number of nitrogens with two attached hydrogens (primary N) is 2. The molecule has 0 aliphatic carbocycles. The molecule has 0 bridgehead atoms. The van der Waals surface area contributed by atoms with E-state index in [0.29, 0.717) is 22.3 Å². The predicted molar refractivity (Wildman–Crippen MR) is 197 cm³/mol. The number of carbonyl (C=O) groups is 5. The van der Waals surface area contributed by atoms with Crippen LogP contribution in [0.3, 0.4) is 0 Å². The number of hydrogen-bond donors (Lipinski definition) is 4. The number of rotatable bonds is 8. The quantitative estimate of drug-likeness (QED) is 0.118. The number of nitrogens with one attached hydrogen (secondary N) is 1. The SMILES string of the molecule is COCCOC(=O)N1C(=O)C2(c3cc(C#CCNC(N)=O)ccc31)C(C(N)=O)C1C(=O)OC(c3ccccc3)C(c3ccccc3)N1C2c1ccc(O)cc1. The molecule has 280 valence electrons. The van der Waals surface area contributed by atoms with Gasteiger partial charge < -0.3 is 36.1 Å². The van der Waals surface area contributed by atoms with E-state index in [4.69, 9.17) is 25.7 Å². The van der Waals surface area contributed by atoms with E-state index in [0.717, 1.165) is 4.90 Å². The number of urea groups is 1. The first-order valence-electron chi connectivity index (χ1n) is 17.4. The van der Waals surface area contributed by atoms with Gasteiger partial charge in [-0.25, -0.2) is 14.5 Å². The van der Waals surface area contributed by atoms with E-state index < -0.39 is 65.5 Å². The number of methoxy groups -OCH3 is 1. The number of anilines is 1. The molecule has 0 aromatic heterocycles. The number of primary amides is 2. The lowest BCUT2D eigenvalue weighted by Crippen LogP contribution is -2.55. The number of ether oxygens (including phenoxy) is 3. The highest BCUT2D eigenvalue weighted by atomic mass is 16.6. The topological polar surface area (TPSA) is 204 Å². The number of imide groups is 1. The maximum atomic E-state index is 15.6. The van der Waals surface area contributed by atoms with Crippen molar-refractivity contribution in [2.75, 3.05) is 31.8 Å². The van der Waals surface area contributed by atoms with Crippen molar-refractivity contribution in [2.45, 2.75) is 29.6 Å². The number of morpholine rings is 1. The van der Waals surface area contributed by atoms with Crippen LogP contribution in [0.5, 0.6) is 5.75 Å². The van der Waals surface area contributed by atoms with Gasteiger partial charge in [-0.05, 0) is 52.6 Å². The third kappa shape index (κ3) is 6.29. The number of hydrogen-bond acceptors (Lipinski definition) is 10. The van der Waals surface area contributed by atoms with Gasteiger partial charge in [0.15, 0.2) is 0 Å².